The average molecular weight is 340 g/mol. The normalized spacial score (nSPS) is 10.4. The fourth-order valence-corrected chi connectivity index (χ4v) is 1.87. The first-order valence-corrected chi connectivity index (χ1v) is 7.74. The maximum atomic E-state index is 11.5. The van der Waals surface area contributed by atoms with Gasteiger partial charge in [-0.1, -0.05) is 42.5 Å². The van der Waals surface area contributed by atoms with Crippen molar-refractivity contribution in [1.82, 2.24) is 10.8 Å². The van der Waals surface area contributed by atoms with E-state index in [1.165, 1.54) is 13.1 Å². The number of carbonyl (C=O) groups excluding carboxylic acids is 2. The number of rotatable bonds is 8. The molecule has 0 spiro atoms. The third-order valence-electron chi connectivity index (χ3n) is 3.21. The molecular weight excluding hydrogens is 320 g/mol. The van der Waals surface area contributed by atoms with Crippen LogP contribution in [0.3, 0.4) is 0 Å². The second-order valence-electron chi connectivity index (χ2n) is 5.10. The molecule has 2 aromatic carbocycles. The van der Waals surface area contributed by atoms with Gasteiger partial charge in [-0.25, -0.2) is 5.48 Å². The molecule has 25 heavy (non-hydrogen) atoms. The number of hydrogen-bond donors (Lipinski definition) is 2. The van der Waals surface area contributed by atoms with Crippen LogP contribution in [0.25, 0.3) is 6.08 Å². The zero-order chi connectivity index (χ0) is 17.9. The van der Waals surface area contributed by atoms with E-state index in [4.69, 9.17) is 9.57 Å². The number of benzene rings is 2. The largest absolute Gasteiger partial charge is 0.489 e. The van der Waals surface area contributed by atoms with E-state index in [9.17, 15) is 9.59 Å². The van der Waals surface area contributed by atoms with Crippen LogP contribution in [0.4, 0.5) is 0 Å². The quantitative estimate of drug-likeness (QED) is 0.570. The Morgan fingerprint density at radius 2 is 1.76 bits per heavy atom. The molecule has 0 aromatic heterocycles. The summed E-state index contributed by atoms with van der Waals surface area (Å²) < 4.78 is 5.70. The summed E-state index contributed by atoms with van der Waals surface area (Å²) in [6.45, 7) is 0.268. The summed E-state index contributed by atoms with van der Waals surface area (Å²) in [7, 11) is 1.49. The van der Waals surface area contributed by atoms with Gasteiger partial charge in [0, 0.05) is 13.1 Å². The number of amides is 2. The second-order valence-corrected chi connectivity index (χ2v) is 5.10. The SMILES string of the molecule is CNC(=O)CONC(=O)/C=C/c1ccc(OCc2ccccc2)cc1. The predicted molar refractivity (Wildman–Crippen MR) is 94.4 cm³/mol. The molecule has 0 heterocycles. The van der Waals surface area contributed by atoms with Crippen molar-refractivity contribution in [2.45, 2.75) is 6.61 Å². The fourth-order valence-electron chi connectivity index (χ4n) is 1.87. The lowest BCUT2D eigenvalue weighted by atomic mass is 10.2. The van der Waals surface area contributed by atoms with Gasteiger partial charge in [0.05, 0.1) is 0 Å². The Balaban J connectivity index is 1.77. The Morgan fingerprint density at radius 1 is 1.04 bits per heavy atom. The number of nitrogens with one attached hydrogen (secondary N) is 2. The highest BCUT2D eigenvalue weighted by atomic mass is 16.7. The summed E-state index contributed by atoms with van der Waals surface area (Å²) >= 11 is 0. The molecule has 0 aliphatic rings. The van der Waals surface area contributed by atoms with E-state index in [1.807, 2.05) is 54.6 Å². The maximum absolute atomic E-state index is 11.5. The first-order chi connectivity index (χ1) is 12.2. The van der Waals surface area contributed by atoms with Crippen LogP contribution in [0.5, 0.6) is 5.75 Å². The summed E-state index contributed by atoms with van der Waals surface area (Å²) in [6.07, 6.45) is 2.96. The predicted octanol–water partition coefficient (Wildman–Crippen LogP) is 2.07. The standard InChI is InChI=1S/C19H20N2O4/c1-20-19(23)14-25-21-18(22)12-9-15-7-10-17(11-8-15)24-13-16-5-3-2-4-6-16/h2-12H,13-14H2,1H3,(H,20,23)(H,21,22)/b12-9+. The summed E-state index contributed by atoms with van der Waals surface area (Å²) in [5.41, 5.74) is 4.10. The molecule has 2 amide bonds. The summed E-state index contributed by atoms with van der Waals surface area (Å²) in [6, 6.07) is 17.3. The van der Waals surface area contributed by atoms with Crippen molar-refractivity contribution < 1.29 is 19.2 Å². The Labute approximate surface area is 146 Å². The van der Waals surface area contributed by atoms with E-state index in [0.717, 1.165) is 16.9 Å². The minimum Gasteiger partial charge on any atom is -0.489 e. The lowest BCUT2D eigenvalue weighted by Crippen LogP contribution is -2.30. The first-order valence-electron chi connectivity index (χ1n) is 7.74. The average Bonchev–Trinajstić information content (AvgIpc) is 2.66. The number of hydroxylamine groups is 1. The highest BCUT2D eigenvalue weighted by Crippen LogP contribution is 2.15. The molecule has 2 rings (SSSR count). The molecule has 0 atom stereocenters. The summed E-state index contributed by atoms with van der Waals surface area (Å²) in [4.78, 5) is 27.2. The number of ether oxygens (including phenoxy) is 1. The molecule has 0 saturated heterocycles. The van der Waals surface area contributed by atoms with Crippen LogP contribution in [0.1, 0.15) is 11.1 Å². The highest BCUT2D eigenvalue weighted by Gasteiger charge is 2.00. The van der Waals surface area contributed by atoms with Crippen molar-refractivity contribution in [2.75, 3.05) is 13.7 Å². The Hall–Kier alpha value is -3.12. The van der Waals surface area contributed by atoms with Gasteiger partial charge in [0.15, 0.2) is 6.61 Å². The molecule has 0 radical (unpaired) electrons. The van der Waals surface area contributed by atoms with Crippen molar-refractivity contribution in [3.8, 4) is 5.75 Å². The topological polar surface area (TPSA) is 76.7 Å². The molecule has 2 aromatic rings. The molecular formula is C19H20N2O4. The van der Waals surface area contributed by atoms with Gasteiger partial charge in [-0.15, -0.1) is 0 Å². The Morgan fingerprint density at radius 3 is 2.44 bits per heavy atom. The van der Waals surface area contributed by atoms with Crippen molar-refractivity contribution in [3.63, 3.8) is 0 Å². The van der Waals surface area contributed by atoms with Gasteiger partial charge in [-0.2, -0.15) is 0 Å². The molecule has 0 unspecified atom stereocenters. The van der Waals surface area contributed by atoms with E-state index in [2.05, 4.69) is 10.8 Å². The smallest absolute Gasteiger partial charge is 0.267 e. The van der Waals surface area contributed by atoms with Crippen LogP contribution in [-0.4, -0.2) is 25.5 Å². The molecule has 0 aliphatic carbocycles. The fraction of sp³-hybridized carbons (Fsp3) is 0.158. The number of hydrogen-bond acceptors (Lipinski definition) is 4. The van der Waals surface area contributed by atoms with E-state index in [0.29, 0.717) is 6.61 Å². The van der Waals surface area contributed by atoms with Gasteiger partial charge >= 0.3 is 0 Å². The zero-order valence-electron chi connectivity index (χ0n) is 13.9. The van der Waals surface area contributed by atoms with Crippen LogP contribution in [0.2, 0.25) is 0 Å². The van der Waals surface area contributed by atoms with Gasteiger partial charge in [0.2, 0.25) is 5.91 Å². The molecule has 0 bridgehead atoms. The van der Waals surface area contributed by atoms with Crippen LogP contribution >= 0.6 is 0 Å². The lowest BCUT2D eigenvalue weighted by molar-refractivity contribution is -0.135. The Kier molecular flexibility index (Phi) is 7.21. The number of carbonyl (C=O) groups is 2. The van der Waals surface area contributed by atoms with Crippen molar-refractivity contribution in [2.24, 2.45) is 0 Å². The van der Waals surface area contributed by atoms with Crippen LogP contribution in [0, 0.1) is 0 Å². The van der Waals surface area contributed by atoms with Crippen molar-refractivity contribution >= 4 is 17.9 Å². The van der Waals surface area contributed by atoms with Gasteiger partial charge in [-0.05, 0) is 29.3 Å². The first kappa shape index (κ1) is 18.2. The van der Waals surface area contributed by atoms with Gasteiger partial charge < -0.3 is 10.1 Å². The minimum atomic E-state index is -0.451. The van der Waals surface area contributed by atoms with Crippen molar-refractivity contribution in [3.05, 3.63) is 71.8 Å². The molecule has 6 nitrogen and oxygen atoms in total. The third-order valence-corrected chi connectivity index (χ3v) is 3.21. The van der Waals surface area contributed by atoms with Gasteiger partial charge in [0.25, 0.3) is 5.91 Å². The molecule has 0 aliphatic heterocycles. The molecule has 6 heteroatoms. The summed E-state index contributed by atoms with van der Waals surface area (Å²) in [5, 5.41) is 2.38. The van der Waals surface area contributed by atoms with Gasteiger partial charge in [0.1, 0.15) is 12.4 Å². The second kappa shape index (κ2) is 9.89. The Bertz CT molecular complexity index is 712. The molecule has 0 saturated carbocycles. The monoisotopic (exact) mass is 340 g/mol. The van der Waals surface area contributed by atoms with Crippen molar-refractivity contribution in [1.29, 1.82) is 0 Å². The molecule has 0 fully saturated rings. The highest BCUT2D eigenvalue weighted by molar-refractivity contribution is 5.91. The van der Waals surface area contributed by atoms with E-state index >= 15 is 0 Å². The van der Waals surface area contributed by atoms with Gasteiger partial charge in [-0.3, -0.25) is 14.4 Å². The van der Waals surface area contributed by atoms with Crippen LogP contribution in [0.15, 0.2) is 60.7 Å². The maximum Gasteiger partial charge on any atom is 0.267 e. The van der Waals surface area contributed by atoms with E-state index in [1.54, 1.807) is 6.08 Å². The number of likely N-dealkylation sites (N-methyl/N-ethyl adjacent to an activating group) is 1. The zero-order valence-corrected chi connectivity index (χ0v) is 13.9. The van der Waals surface area contributed by atoms with E-state index < -0.39 is 5.91 Å². The lowest BCUT2D eigenvalue weighted by Gasteiger charge is -2.06. The summed E-state index contributed by atoms with van der Waals surface area (Å²) in [5.74, 6) is -0.0250. The molecule has 2 N–H and O–H groups in total. The van der Waals surface area contributed by atoms with Crippen LogP contribution in [-0.2, 0) is 21.0 Å². The van der Waals surface area contributed by atoms with E-state index in [-0.39, 0.29) is 12.5 Å². The molecule has 130 valence electrons. The van der Waals surface area contributed by atoms with Crippen LogP contribution < -0.4 is 15.5 Å². The minimum absolute atomic E-state index is 0.233. The third kappa shape index (κ3) is 6.88.